The summed E-state index contributed by atoms with van der Waals surface area (Å²) in [5, 5.41) is 8.26. The number of hydrogen-bond donors (Lipinski definition) is 2. The number of aromatic nitrogens is 1. The zero-order valence-corrected chi connectivity index (χ0v) is 15.7. The van der Waals surface area contributed by atoms with Gasteiger partial charge >= 0.3 is 0 Å². The molecule has 1 amide bonds. The first-order chi connectivity index (χ1) is 13.0. The molecule has 7 heteroatoms. The van der Waals surface area contributed by atoms with Gasteiger partial charge in [-0.15, -0.1) is 0 Å². The van der Waals surface area contributed by atoms with Crippen LogP contribution in [0, 0.1) is 6.92 Å². The quantitative estimate of drug-likeness (QED) is 0.386. The number of nitrogens with one attached hydrogen (secondary N) is 2. The van der Waals surface area contributed by atoms with Crippen molar-refractivity contribution in [1.82, 2.24) is 10.4 Å². The minimum atomic E-state index is -0.275. The number of halogens is 1. The monoisotopic (exact) mass is 382 g/mol. The van der Waals surface area contributed by atoms with Crippen LogP contribution in [0.3, 0.4) is 0 Å². The zero-order chi connectivity index (χ0) is 19.2. The molecule has 0 bridgehead atoms. The maximum Gasteiger partial charge on any atom is 0.259 e. The van der Waals surface area contributed by atoms with Crippen LogP contribution in [0.15, 0.2) is 53.6 Å². The predicted octanol–water partition coefficient (Wildman–Crippen LogP) is 3.77. The first-order valence-electron chi connectivity index (χ1n) is 8.32. The number of carbonyl (C=O) groups excluding carboxylic acids is 1. The van der Waals surface area contributed by atoms with Gasteiger partial charge in [0.2, 0.25) is 0 Å². The zero-order valence-electron chi connectivity index (χ0n) is 15.0. The Balaban J connectivity index is 1.57. The van der Waals surface area contributed by atoms with Crippen LogP contribution in [0.4, 0.5) is 5.69 Å². The minimum Gasteiger partial charge on any atom is -0.497 e. The third-order valence-electron chi connectivity index (χ3n) is 3.89. The van der Waals surface area contributed by atoms with Gasteiger partial charge in [-0.05, 0) is 48.9 Å². The number of anilines is 1. The summed E-state index contributed by atoms with van der Waals surface area (Å²) in [4.78, 5) is 16.3. The van der Waals surface area contributed by atoms with Gasteiger partial charge in [0.05, 0.1) is 25.4 Å². The van der Waals surface area contributed by atoms with Crippen molar-refractivity contribution in [3.8, 4) is 5.75 Å². The summed E-state index contributed by atoms with van der Waals surface area (Å²) in [5.74, 6) is 0.480. The lowest BCUT2D eigenvalue weighted by molar-refractivity contribution is -0.119. The van der Waals surface area contributed by atoms with Gasteiger partial charge in [0, 0.05) is 16.6 Å². The van der Waals surface area contributed by atoms with Crippen molar-refractivity contribution in [2.24, 2.45) is 5.10 Å². The summed E-state index contributed by atoms with van der Waals surface area (Å²) in [6.45, 7) is 2.09. The number of methoxy groups -OCH3 is 1. The fourth-order valence-corrected chi connectivity index (χ4v) is 2.66. The standard InChI is InChI=1S/C20H19ClN4O2/c1-13-3-4-14-10-15(20(21)24-18(14)9-13)11-23-25-19(26)12-22-16-5-7-17(27-2)8-6-16/h3-11,22H,12H2,1-2H3,(H,25,26)/b23-11-. The molecule has 3 aromatic rings. The highest BCUT2D eigenvalue weighted by atomic mass is 35.5. The molecule has 0 saturated carbocycles. The van der Waals surface area contributed by atoms with Crippen LogP contribution in [0.2, 0.25) is 5.15 Å². The van der Waals surface area contributed by atoms with Gasteiger partial charge in [-0.1, -0.05) is 23.7 Å². The van der Waals surface area contributed by atoms with Gasteiger partial charge in [0.15, 0.2) is 0 Å². The second-order valence-electron chi connectivity index (χ2n) is 5.94. The van der Waals surface area contributed by atoms with E-state index in [-0.39, 0.29) is 12.5 Å². The Hall–Kier alpha value is -3.12. The van der Waals surface area contributed by atoms with E-state index in [2.05, 4.69) is 20.8 Å². The van der Waals surface area contributed by atoms with Gasteiger partial charge in [-0.3, -0.25) is 4.79 Å². The smallest absolute Gasteiger partial charge is 0.259 e. The number of benzene rings is 2. The number of amides is 1. The van der Waals surface area contributed by atoms with Crippen molar-refractivity contribution in [3.05, 3.63) is 64.8 Å². The number of fused-ring (bicyclic) bond motifs is 1. The van der Waals surface area contributed by atoms with Crippen molar-refractivity contribution in [2.45, 2.75) is 6.92 Å². The Morgan fingerprint density at radius 3 is 2.74 bits per heavy atom. The Bertz CT molecular complexity index is 987. The Morgan fingerprint density at radius 1 is 1.22 bits per heavy atom. The molecule has 0 aliphatic rings. The average Bonchev–Trinajstić information content (AvgIpc) is 2.67. The molecule has 1 heterocycles. The summed E-state index contributed by atoms with van der Waals surface area (Å²) < 4.78 is 5.09. The molecular formula is C20H19ClN4O2. The second-order valence-corrected chi connectivity index (χ2v) is 6.30. The third-order valence-corrected chi connectivity index (χ3v) is 4.19. The lowest BCUT2D eigenvalue weighted by Gasteiger charge is -2.06. The molecule has 0 spiro atoms. The van der Waals surface area contributed by atoms with Gasteiger partial charge < -0.3 is 10.1 Å². The Kier molecular flexibility index (Phi) is 5.88. The summed E-state index contributed by atoms with van der Waals surface area (Å²) in [6, 6.07) is 15.1. The van der Waals surface area contributed by atoms with E-state index in [4.69, 9.17) is 16.3 Å². The van der Waals surface area contributed by atoms with Crippen LogP contribution < -0.4 is 15.5 Å². The van der Waals surface area contributed by atoms with Crippen molar-refractivity contribution < 1.29 is 9.53 Å². The summed E-state index contributed by atoms with van der Waals surface area (Å²) in [7, 11) is 1.60. The topological polar surface area (TPSA) is 75.6 Å². The molecule has 1 aromatic heterocycles. The normalized spacial score (nSPS) is 10.9. The SMILES string of the molecule is COc1ccc(NCC(=O)N/N=C\c2cc3ccc(C)cc3nc2Cl)cc1. The first-order valence-corrected chi connectivity index (χ1v) is 8.69. The average molecular weight is 383 g/mol. The van der Waals surface area contributed by atoms with Crippen LogP contribution in [0.1, 0.15) is 11.1 Å². The van der Waals surface area contributed by atoms with Crippen molar-refractivity contribution >= 4 is 40.3 Å². The number of carbonyl (C=O) groups is 1. The summed E-state index contributed by atoms with van der Waals surface area (Å²) in [5.41, 5.74) is 5.85. The lowest BCUT2D eigenvalue weighted by Crippen LogP contribution is -2.25. The van der Waals surface area contributed by atoms with Crippen molar-refractivity contribution in [2.75, 3.05) is 19.0 Å². The molecule has 0 unspecified atom stereocenters. The highest BCUT2D eigenvalue weighted by molar-refractivity contribution is 6.32. The molecule has 2 aromatic carbocycles. The number of rotatable bonds is 6. The Labute approximate surface area is 162 Å². The van der Waals surface area contributed by atoms with Crippen molar-refractivity contribution in [3.63, 3.8) is 0 Å². The molecule has 0 atom stereocenters. The van der Waals surface area contributed by atoms with Crippen LogP contribution in [-0.4, -0.2) is 30.8 Å². The van der Waals surface area contributed by atoms with Crippen LogP contribution in [0.5, 0.6) is 5.75 Å². The van der Waals surface area contributed by atoms with Crippen LogP contribution in [0.25, 0.3) is 10.9 Å². The molecule has 0 fully saturated rings. The molecule has 0 aliphatic carbocycles. The summed E-state index contributed by atoms with van der Waals surface area (Å²) in [6.07, 6.45) is 1.49. The highest BCUT2D eigenvalue weighted by Gasteiger charge is 2.04. The third kappa shape index (κ3) is 4.95. The van der Waals surface area contributed by atoms with E-state index in [0.29, 0.717) is 10.7 Å². The van der Waals surface area contributed by atoms with E-state index >= 15 is 0 Å². The van der Waals surface area contributed by atoms with Crippen molar-refractivity contribution in [1.29, 1.82) is 0 Å². The number of pyridine rings is 1. The molecule has 0 aliphatic heterocycles. The molecular weight excluding hydrogens is 364 g/mol. The number of ether oxygens (including phenoxy) is 1. The largest absolute Gasteiger partial charge is 0.497 e. The van der Waals surface area contributed by atoms with Gasteiger partial charge in [0.25, 0.3) is 5.91 Å². The van der Waals surface area contributed by atoms with Gasteiger partial charge in [-0.2, -0.15) is 5.10 Å². The molecule has 6 nitrogen and oxygen atoms in total. The first kappa shape index (κ1) is 18.7. The maximum absolute atomic E-state index is 11.9. The molecule has 3 rings (SSSR count). The second kappa shape index (κ2) is 8.51. The van der Waals surface area contributed by atoms with Gasteiger partial charge in [-0.25, -0.2) is 10.4 Å². The fraction of sp³-hybridized carbons (Fsp3) is 0.150. The number of aryl methyl sites for hydroxylation is 1. The summed E-state index contributed by atoms with van der Waals surface area (Å²) >= 11 is 6.20. The van der Waals surface area contributed by atoms with Crippen LogP contribution >= 0.6 is 11.6 Å². The number of nitrogens with zero attached hydrogens (tertiary/aromatic N) is 2. The Morgan fingerprint density at radius 2 is 2.00 bits per heavy atom. The number of hydrazone groups is 1. The van der Waals surface area contributed by atoms with E-state index < -0.39 is 0 Å². The predicted molar refractivity (Wildman–Crippen MR) is 109 cm³/mol. The molecule has 138 valence electrons. The maximum atomic E-state index is 11.9. The van der Waals surface area contributed by atoms with E-state index in [9.17, 15) is 4.79 Å². The van der Waals surface area contributed by atoms with Crippen LogP contribution in [-0.2, 0) is 4.79 Å². The number of hydrogen-bond acceptors (Lipinski definition) is 5. The van der Waals surface area contributed by atoms with E-state index in [0.717, 1.165) is 27.9 Å². The minimum absolute atomic E-state index is 0.0899. The van der Waals surface area contributed by atoms with Gasteiger partial charge in [0.1, 0.15) is 10.9 Å². The lowest BCUT2D eigenvalue weighted by atomic mass is 10.1. The molecule has 27 heavy (non-hydrogen) atoms. The van der Waals surface area contributed by atoms with E-state index in [1.54, 1.807) is 7.11 Å². The highest BCUT2D eigenvalue weighted by Crippen LogP contribution is 2.20. The van der Waals surface area contributed by atoms with E-state index in [1.807, 2.05) is 55.5 Å². The van der Waals surface area contributed by atoms with E-state index in [1.165, 1.54) is 6.21 Å². The molecule has 0 radical (unpaired) electrons. The molecule has 0 saturated heterocycles. The fourth-order valence-electron chi connectivity index (χ4n) is 2.47. The molecule has 2 N–H and O–H groups in total.